The smallest absolute Gasteiger partial charge is 0.132 e. The molecule has 37 heavy (non-hydrogen) atoms. The third kappa shape index (κ3) is 33.3. The van der Waals surface area contributed by atoms with E-state index in [0.29, 0.717) is 5.78 Å². The summed E-state index contributed by atoms with van der Waals surface area (Å²) in [6.07, 6.45) is 42.5. The first kappa shape index (κ1) is 36.3. The Morgan fingerprint density at radius 3 is 0.892 bits per heavy atom. The Balaban J connectivity index is 3.14. The Hall–Kier alpha value is -0.660. The summed E-state index contributed by atoms with van der Waals surface area (Å²) in [6.45, 7) is 2.29. The van der Waals surface area contributed by atoms with Gasteiger partial charge in [0.25, 0.3) is 0 Å². The highest BCUT2D eigenvalue weighted by atomic mass is 16.1. The van der Waals surface area contributed by atoms with Crippen LogP contribution in [0.15, 0.2) is 0 Å². The normalized spacial score (nSPS) is 11.3. The van der Waals surface area contributed by atoms with Crippen molar-refractivity contribution in [2.75, 3.05) is 0 Å². The van der Waals surface area contributed by atoms with Crippen LogP contribution >= 0.6 is 0 Å². The monoisotopic (exact) mass is 521 g/mol. The minimum Gasteiger partial charge on any atom is -0.303 e. The van der Waals surface area contributed by atoms with Crippen molar-refractivity contribution < 1.29 is 9.59 Å². The number of aldehydes is 1. The van der Waals surface area contributed by atoms with Gasteiger partial charge in [-0.2, -0.15) is 0 Å². The molecule has 2 heteroatoms. The highest BCUT2D eigenvalue weighted by molar-refractivity contribution is 5.78. The van der Waals surface area contributed by atoms with Gasteiger partial charge in [0.1, 0.15) is 12.1 Å². The zero-order valence-corrected chi connectivity index (χ0v) is 25.5. The van der Waals surface area contributed by atoms with E-state index in [1.54, 1.807) is 0 Å². The molecule has 0 radical (unpaired) electrons. The van der Waals surface area contributed by atoms with E-state index in [0.717, 1.165) is 44.8 Å². The third-order valence-electron chi connectivity index (χ3n) is 8.09. The molecule has 0 bridgehead atoms. The number of rotatable bonds is 33. The van der Waals surface area contributed by atoms with Crippen LogP contribution in [-0.4, -0.2) is 12.1 Å². The van der Waals surface area contributed by atoms with Gasteiger partial charge in [0, 0.05) is 19.3 Å². The van der Waals surface area contributed by atoms with Crippen molar-refractivity contribution in [3.05, 3.63) is 0 Å². The molecule has 0 aliphatic rings. The lowest BCUT2D eigenvalue weighted by Gasteiger charge is -2.04. The van der Waals surface area contributed by atoms with E-state index in [1.165, 1.54) is 167 Å². The maximum Gasteiger partial charge on any atom is 0.132 e. The third-order valence-corrected chi connectivity index (χ3v) is 8.09. The molecule has 0 atom stereocenters. The topological polar surface area (TPSA) is 34.1 Å². The first-order chi connectivity index (χ1) is 18.3. The molecule has 2 nitrogen and oxygen atoms in total. The molecular formula is C35H68O2. The van der Waals surface area contributed by atoms with Gasteiger partial charge in [-0.1, -0.05) is 174 Å². The first-order valence-electron chi connectivity index (χ1n) is 17.3. The van der Waals surface area contributed by atoms with E-state index in [4.69, 9.17) is 0 Å². The van der Waals surface area contributed by atoms with Gasteiger partial charge in [-0.05, 0) is 19.3 Å². The lowest BCUT2D eigenvalue weighted by molar-refractivity contribution is -0.119. The largest absolute Gasteiger partial charge is 0.303 e. The lowest BCUT2D eigenvalue weighted by Crippen LogP contribution is -1.97. The van der Waals surface area contributed by atoms with E-state index in [2.05, 4.69) is 6.92 Å². The Morgan fingerprint density at radius 1 is 0.378 bits per heavy atom. The fraction of sp³-hybridized carbons (Fsp3) is 0.943. The Labute approximate surface area is 233 Å². The Bertz CT molecular complexity index is 445. The Kier molecular flexibility index (Phi) is 32.8. The second-order valence-corrected chi connectivity index (χ2v) is 11.9. The number of Topliss-reactive ketones (excluding diaryl/α,β-unsaturated/α-hetero) is 1. The summed E-state index contributed by atoms with van der Waals surface area (Å²) < 4.78 is 0. The molecular weight excluding hydrogens is 452 g/mol. The van der Waals surface area contributed by atoms with Crippen LogP contribution in [0.4, 0.5) is 0 Å². The SMILES string of the molecule is CCCCCCCCCCCCCCCCCC(=O)CCCCCCCCCCCCCCCCC=O. The molecule has 220 valence electrons. The second-order valence-electron chi connectivity index (χ2n) is 11.9. The van der Waals surface area contributed by atoms with Gasteiger partial charge < -0.3 is 4.79 Å². The molecule has 0 aromatic rings. The lowest BCUT2D eigenvalue weighted by atomic mass is 10.0. The van der Waals surface area contributed by atoms with Crippen molar-refractivity contribution in [2.45, 2.75) is 212 Å². The zero-order valence-electron chi connectivity index (χ0n) is 25.5. The fourth-order valence-corrected chi connectivity index (χ4v) is 5.49. The van der Waals surface area contributed by atoms with Gasteiger partial charge in [0.15, 0.2) is 0 Å². The first-order valence-corrected chi connectivity index (χ1v) is 17.3. The highest BCUT2D eigenvalue weighted by Gasteiger charge is 2.02. The van der Waals surface area contributed by atoms with Gasteiger partial charge in [-0.3, -0.25) is 4.79 Å². The van der Waals surface area contributed by atoms with Gasteiger partial charge in [0.2, 0.25) is 0 Å². The summed E-state index contributed by atoms with van der Waals surface area (Å²) in [5.74, 6) is 0.512. The number of carbonyl (C=O) groups excluding carboxylic acids is 2. The number of hydrogen-bond acceptors (Lipinski definition) is 2. The summed E-state index contributed by atoms with van der Waals surface area (Å²) in [5, 5.41) is 0. The van der Waals surface area contributed by atoms with Crippen LogP contribution in [0.1, 0.15) is 212 Å². The maximum atomic E-state index is 12.1. The molecule has 0 spiro atoms. The van der Waals surface area contributed by atoms with Crippen LogP contribution in [0.2, 0.25) is 0 Å². The Morgan fingerprint density at radius 2 is 0.622 bits per heavy atom. The summed E-state index contributed by atoms with van der Waals surface area (Å²) in [7, 11) is 0. The predicted molar refractivity (Wildman–Crippen MR) is 164 cm³/mol. The van der Waals surface area contributed by atoms with Gasteiger partial charge >= 0.3 is 0 Å². The van der Waals surface area contributed by atoms with Gasteiger partial charge in [-0.25, -0.2) is 0 Å². The van der Waals surface area contributed by atoms with Crippen LogP contribution < -0.4 is 0 Å². The van der Waals surface area contributed by atoms with Crippen LogP contribution in [0, 0.1) is 0 Å². The van der Waals surface area contributed by atoms with Crippen molar-refractivity contribution in [1.29, 1.82) is 0 Å². The van der Waals surface area contributed by atoms with E-state index in [-0.39, 0.29) is 0 Å². The minimum atomic E-state index is 0.512. The molecule has 0 aliphatic carbocycles. The number of ketones is 1. The predicted octanol–water partition coefficient (Wildman–Crippen LogP) is 12.3. The molecule has 0 aromatic carbocycles. The number of carbonyl (C=O) groups is 2. The fourth-order valence-electron chi connectivity index (χ4n) is 5.49. The molecule has 0 N–H and O–H groups in total. The van der Waals surface area contributed by atoms with Crippen molar-refractivity contribution in [3.63, 3.8) is 0 Å². The summed E-state index contributed by atoms with van der Waals surface area (Å²) in [6, 6.07) is 0. The molecule has 0 heterocycles. The summed E-state index contributed by atoms with van der Waals surface area (Å²) in [5.41, 5.74) is 0. The quantitative estimate of drug-likeness (QED) is 0.0636. The number of unbranched alkanes of at least 4 members (excludes halogenated alkanes) is 28. The highest BCUT2D eigenvalue weighted by Crippen LogP contribution is 2.16. The van der Waals surface area contributed by atoms with E-state index < -0.39 is 0 Å². The zero-order chi connectivity index (χ0) is 26.9. The molecule has 0 aliphatic heterocycles. The molecule has 0 saturated carbocycles. The molecule has 0 saturated heterocycles. The molecule has 0 aromatic heterocycles. The van der Waals surface area contributed by atoms with Gasteiger partial charge in [-0.15, -0.1) is 0 Å². The van der Waals surface area contributed by atoms with E-state index in [9.17, 15) is 9.59 Å². The van der Waals surface area contributed by atoms with E-state index >= 15 is 0 Å². The minimum absolute atomic E-state index is 0.512. The van der Waals surface area contributed by atoms with E-state index in [1.807, 2.05) is 0 Å². The van der Waals surface area contributed by atoms with Crippen molar-refractivity contribution >= 4 is 12.1 Å². The van der Waals surface area contributed by atoms with Crippen molar-refractivity contribution in [2.24, 2.45) is 0 Å². The average Bonchev–Trinajstić information content (AvgIpc) is 2.90. The second kappa shape index (κ2) is 33.4. The summed E-state index contributed by atoms with van der Waals surface area (Å²) >= 11 is 0. The molecule has 0 rings (SSSR count). The van der Waals surface area contributed by atoms with Crippen LogP contribution in [0.3, 0.4) is 0 Å². The van der Waals surface area contributed by atoms with Crippen LogP contribution in [0.5, 0.6) is 0 Å². The summed E-state index contributed by atoms with van der Waals surface area (Å²) in [4.78, 5) is 22.4. The van der Waals surface area contributed by atoms with Crippen molar-refractivity contribution in [1.82, 2.24) is 0 Å². The molecule has 0 unspecified atom stereocenters. The maximum absolute atomic E-state index is 12.1. The van der Waals surface area contributed by atoms with Crippen LogP contribution in [0.25, 0.3) is 0 Å². The van der Waals surface area contributed by atoms with Crippen molar-refractivity contribution in [3.8, 4) is 0 Å². The van der Waals surface area contributed by atoms with Crippen LogP contribution in [-0.2, 0) is 9.59 Å². The average molecular weight is 521 g/mol. The molecule has 0 fully saturated rings. The van der Waals surface area contributed by atoms with Gasteiger partial charge in [0.05, 0.1) is 0 Å². The molecule has 0 amide bonds. The standard InChI is InChI=1S/C35H68O2/c1-2-3-4-5-6-7-8-9-11-14-17-20-23-26-29-32-35(37)33-30-27-24-21-18-15-12-10-13-16-19-22-25-28-31-34-36/h34H,2-33H2,1H3. The number of hydrogen-bond donors (Lipinski definition) is 0.